The summed E-state index contributed by atoms with van der Waals surface area (Å²) in [6.45, 7) is 3.29. The lowest BCUT2D eigenvalue weighted by Crippen LogP contribution is -2.25. The largest absolute Gasteiger partial charge is 0.309 e. The smallest absolute Gasteiger partial charge is 0.0890 e. The van der Waals surface area contributed by atoms with E-state index < -0.39 is 0 Å². The fourth-order valence-electron chi connectivity index (χ4n) is 2.47. The molecule has 1 aromatic carbocycles. The summed E-state index contributed by atoms with van der Waals surface area (Å²) in [4.78, 5) is 11.1. The number of rotatable bonds is 1. The zero-order chi connectivity index (χ0) is 12.4. The van der Waals surface area contributed by atoms with Crippen LogP contribution >= 0.6 is 0 Å². The highest BCUT2D eigenvalue weighted by molar-refractivity contribution is 5.74. The predicted octanol–water partition coefficient (Wildman–Crippen LogP) is 1.60. The van der Waals surface area contributed by atoms with Gasteiger partial charge in [0.05, 0.1) is 11.0 Å². The SMILES string of the molecule is CN1CCNC(c2ccc3nccnc3c2)CC1. The van der Waals surface area contributed by atoms with Crippen LogP contribution in [-0.4, -0.2) is 41.5 Å². The normalized spacial score (nSPS) is 21.9. The van der Waals surface area contributed by atoms with Crippen LogP contribution in [-0.2, 0) is 0 Å². The van der Waals surface area contributed by atoms with Crippen molar-refractivity contribution in [2.75, 3.05) is 26.7 Å². The van der Waals surface area contributed by atoms with E-state index in [9.17, 15) is 0 Å². The van der Waals surface area contributed by atoms with Gasteiger partial charge in [-0.25, -0.2) is 0 Å². The molecular weight excluding hydrogens is 224 g/mol. The van der Waals surface area contributed by atoms with Crippen molar-refractivity contribution in [3.8, 4) is 0 Å². The van der Waals surface area contributed by atoms with Gasteiger partial charge in [0.1, 0.15) is 0 Å². The lowest BCUT2D eigenvalue weighted by atomic mass is 10.0. The molecule has 1 aromatic heterocycles. The Kier molecular flexibility index (Phi) is 3.21. The van der Waals surface area contributed by atoms with Crippen LogP contribution in [0.1, 0.15) is 18.0 Å². The van der Waals surface area contributed by atoms with Gasteiger partial charge in [0.15, 0.2) is 0 Å². The van der Waals surface area contributed by atoms with Crippen LogP contribution in [0.4, 0.5) is 0 Å². The second-order valence-corrected chi connectivity index (χ2v) is 4.90. The predicted molar refractivity (Wildman–Crippen MR) is 72.4 cm³/mol. The van der Waals surface area contributed by atoms with Crippen LogP contribution in [0.2, 0.25) is 0 Å². The number of aromatic nitrogens is 2. The van der Waals surface area contributed by atoms with Crippen molar-refractivity contribution in [2.45, 2.75) is 12.5 Å². The van der Waals surface area contributed by atoms with Gasteiger partial charge >= 0.3 is 0 Å². The topological polar surface area (TPSA) is 41.0 Å². The van der Waals surface area contributed by atoms with Gasteiger partial charge in [0.2, 0.25) is 0 Å². The molecule has 2 aromatic rings. The molecule has 1 N–H and O–H groups in total. The van der Waals surface area contributed by atoms with Gasteiger partial charge in [-0.2, -0.15) is 0 Å². The van der Waals surface area contributed by atoms with E-state index in [4.69, 9.17) is 0 Å². The summed E-state index contributed by atoms with van der Waals surface area (Å²) >= 11 is 0. The zero-order valence-electron chi connectivity index (χ0n) is 10.6. The number of nitrogens with zero attached hydrogens (tertiary/aromatic N) is 3. The molecule has 1 aliphatic heterocycles. The maximum atomic E-state index is 4.37. The molecule has 0 bridgehead atoms. The van der Waals surface area contributed by atoms with Crippen molar-refractivity contribution < 1.29 is 0 Å². The summed E-state index contributed by atoms with van der Waals surface area (Å²) in [5.74, 6) is 0. The number of benzene rings is 1. The van der Waals surface area contributed by atoms with E-state index >= 15 is 0 Å². The molecule has 2 heterocycles. The first-order valence-corrected chi connectivity index (χ1v) is 6.45. The minimum Gasteiger partial charge on any atom is -0.309 e. The highest BCUT2D eigenvalue weighted by atomic mass is 15.1. The number of likely N-dealkylation sites (N-methyl/N-ethyl adjacent to an activating group) is 1. The molecule has 0 spiro atoms. The monoisotopic (exact) mass is 242 g/mol. The quantitative estimate of drug-likeness (QED) is 0.824. The van der Waals surface area contributed by atoms with Crippen LogP contribution < -0.4 is 5.32 Å². The van der Waals surface area contributed by atoms with Crippen molar-refractivity contribution in [3.63, 3.8) is 0 Å². The van der Waals surface area contributed by atoms with Gasteiger partial charge in [0, 0.05) is 31.5 Å². The molecule has 0 amide bonds. The number of fused-ring (bicyclic) bond motifs is 1. The minimum atomic E-state index is 0.432. The molecule has 4 heteroatoms. The third-order valence-electron chi connectivity index (χ3n) is 3.58. The standard InChI is InChI=1S/C14H18N4/c1-18-8-4-12(17-7-9-18)11-2-3-13-14(10-11)16-6-5-15-13/h2-3,5-6,10,12,17H,4,7-9H2,1H3. The van der Waals surface area contributed by atoms with Crippen LogP contribution in [0.15, 0.2) is 30.6 Å². The average Bonchev–Trinajstić information content (AvgIpc) is 2.63. The maximum Gasteiger partial charge on any atom is 0.0890 e. The Morgan fingerprint density at radius 3 is 2.89 bits per heavy atom. The molecule has 1 aliphatic rings. The summed E-state index contributed by atoms with van der Waals surface area (Å²) in [6, 6.07) is 6.82. The molecule has 0 aliphatic carbocycles. The van der Waals surface area contributed by atoms with E-state index in [1.165, 1.54) is 5.56 Å². The van der Waals surface area contributed by atoms with Gasteiger partial charge in [-0.15, -0.1) is 0 Å². The van der Waals surface area contributed by atoms with Crippen molar-refractivity contribution in [2.24, 2.45) is 0 Å². The van der Waals surface area contributed by atoms with E-state index in [1.54, 1.807) is 12.4 Å². The number of nitrogens with one attached hydrogen (secondary N) is 1. The van der Waals surface area contributed by atoms with Gasteiger partial charge in [-0.3, -0.25) is 9.97 Å². The molecule has 1 unspecified atom stereocenters. The van der Waals surface area contributed by atoms with Crippen LogP contribution in [0.3, 0.4) is 0 Å². The van der Waals surface area contributed by atoms with Gasteiger partial charge < -0.3 is 10.2 Å². The van der Waals surface area contributed by atoms with Crippen molar-refractivity contribution in [3.05, 3.63) is 36.2 Å². The Morgan fingerprint density at radius 2 is 2.00 bits per heavy atom. The Morgan fingerprint density at radius 1 is 1.17 bits per heavy atom. The molecule has 0 saturated carbocycles. The average molecular weight is 242 g/mol. The number of hydrogen-bond donors (Lipinski definition) is 1. The second kappa shape index (κ2) is 5.00. The van der Waals surface area contributed by atoms with Gasteiger partial charge in [0.25, 0.3) is 0 Å². The molecule has 4 nitrogen and oxygen atoms in total. The fraction of sp³-hybridized carbons (Fsp3) is 0.429. The van der Waals surface area contributed by atoms with Crippen molar-refractivity contribution in [1.29, 1.82) is 0 Å². The van der Waals surface area contributed by atoms with Crippen LogP contribution in [0.25, 0.3) is 11.0 Å². The zero-order valence-corrected chi connectivity index (χ0v) is 10.6. The lowest BCUT2D eigenvalue weighted by molar-refractivity contribution is 0.355. The molecular formula is C14H18N4. The lowest BCUT2D eigenvalue weighted by Gasteiger charge is -2.16. The third-order valence-corrected chi connectivity index (χ3v) is 3.58. The van der Waals surface area contributed by atoms with Crippen molar-refractivity contribution in [1.82, 2.24) is 20.2 Å². The van der Waals surface area contributed by atoms with E-state index in [0.29, 0.717) is 6.04 Å². The molecule has 18 heavy (non-hydrogen) atoms. The van der Waals surface area contributed by atoms with E-state index in [2.05, 4.69) is 45.4 Å². The highest BCUT2D eigenvalue weighted by Gasteiger charge is 2.16. The maximum absolute atomic E-state index is 4.37. The Balaban J connectivity index is 1.89. The molecule has 3 rings (SSSR count). The van der Waals surface area contributed by atoms with E-state index in [1.807, 2.05) is 0 Å². The van der Waals surface area contributed by atoms with Crippen LogP contribution in [0.5, 0.6) is 0 Å². The first-order valence-electron chi connectivity index (χ1n) is 6.45. The van der Waals surface area contributed by atoms with Crippen LogP contribution in [0, 0.1) is 0 Å². The van der Waals surface area contributed by atoms with E-state index in [0.717, 1.165) is 37.1 Å². The first-order chi connectivity index (χ1) is 8.83. The Bertz CT molecular complexity index is 540. The summed E-state index contributed by atoms with van der Waals surface area (Å²) in [6.07, 6.45) is 4.63. The molecule has 0 radical (unpaired) electrons. The molecule has 1 atom stereocenters. The first kappa shape index (κ1) is 11.6. The fourth-order valence-corrected chi connectivity index (χ4v) is 2.47. The molecule has 1 saturated heterocycles. The summed E-state index contributed by atoms with van der Waals surface area (Å²) in [5.41, 5.74) is 3.26. The highest BCUT2D eigenvalue weighted by Crippen LogP contribution is 2.21. The summed E-state index contributed by atoms with van der Waals surface area (Å²) in [5, 5.41) is 3.60. The second-order valence-electron chi connectivity index (χ2n) is 4.90. The minimum absolute atomic E-state index is 0.432. The number of hydrogen-bond acceptors (Lipinski definition) is 4. The summed E-state index contributed by atoms with van der Waals surface area (Å²) in [7, 11) is 2.18. The molecule has 1 fully saturated rings. The third kappa shape index (κ3) is 2.35. The van der Waals surface area contributed by atoms with E-state index in [-0.39, 0.29) is 0 Å². The van der Waals surface area contributed by atoms with Gasteiger partial charge in [-0.05, 0) is 37.7 Å². The van der Waals surface area contributed by atoms with Crippen molar-refractivity contribution >= 4 is 11.0 Å². The Hall–Kier alpha value is -1.52. The van der Waals surface area contributed by atoms with Gasteiger partial charge in [-0.1, -0.05) is 6.07 Å². The Labute approximate surface area is 107 Å². The molecule has 94 valence electrons. The summed E-state index contributed by atoms with van der Waals surface area (Å²) < 4.78 is 0.